The molecular weight excluding hydrogens is 379 g/mol. The summed E-state index contributed by atoms with van der Waals surface area (Å²) in [7, 11) is 1.37. The third kappa shape index (κ3) is 4.85. The Balaban J connectivity index is 2.11. The second kappa shape index (κ2) is 8.65. The van der Waals surface area contributed by atoms with Gasteiger partial charge < -0.3 is 9.64 Å². The number of methoxy groups -OCH3 is 1. The number of alkyl halides is 3. The average Bonchev–Trinajstić information content (AvgIpc) is 2.73. The van der Waals surface area contributed by atoms with E-state index in [4.69, 9.17) is 10.1 Å². The van der Waals surface area contributed by atoms with Crippen molar-refractivity contribution in [1.29, 1.82) is 5.39 Å². The molecule has 0 saturated carbocycles. The van der Waals surface area contributed by atoms with Crippen molar-refractivity contribution in [3.05, 3.63) is 94.5 Å². The van der Waals surface area contributed by atoms with Crippen molar-refractivity contribution in [1.82, 2.24) is 0 Å². The van der Waals surface area contributed by atoms with Gasteiger partial charge in [-0.2, -0.15) is 13.2 Å². The largest absolute Gasteiger partial charge is 0.494 e. The molecule has 29 heavy (non-hydrogen) atoms. The predicted octanol–water partition coefficient (Wildman–Crippen LogP) is 6.41. The fourth-order valence-electron chi connectivity index (χ4n) is 3.11. The molecule has 3 aromatic carbocycles. The van der Waals surface area contributed by atoms with E-state index in [9.17, 15) is 13.2 Å². The first-order chi connectivity index (χ1) is 13.9. The van der Waals surface area contributed by atoms with Crippen LogP contribution in [0.3, 0.4) is 0 Å². The molecule has 3 rings (SSSR count). The van der Waals surface area contributed by atoms with Crippen molar-refractivity contribution >= 4 is 11.4 Å². The van der Waals surface area contributed by atoms with Gasteiger partial charge in [0.05, 0.1) is 18.9 Å². The van der Waals surface area contributed by atoms with Crippen molar-refractivity contribution in [2.45, 2.75) is 19.3 Å². The Kier molecular flexibility index (Phi) is 6.03. The summed E-state index contributed by atoms with van der Waals surface area (Å²) in [4.78, 5) is 4.60. The quantitative estimate of drug-likeness (QED) is 0.451. The van der Waals surface area contributed by atoms with Crippen LogP contribution in [0.1, 0.15) is 16.7 Å². The fraction of sp³-hybridized carbons (Fsp3) is 0.182. The van der Waals surface area contributed by atoms with Gasteiger partial charge in [0, 0.05) is 13.1 Å². The maximum atomic E-state index is 13.5. The number of anilines is 1. The molecule has 0 heterocycles. The molecule has 4 nitrogen and oxygen atoms in total. The molecule has 0 radical (unpaired) electrons. The topological polar surface area (TPSA) is 40.6 Å². The number of hydrogen-bond donors (Lipinski definition) is 0. The zero-order chi connectivity index (χ0) is 20.9. The lowest BCUT2D eigenvalue weighted by molar-refractivity contribution is -0.136. The minimum absolute atomic E-state index is 0.192. The molecule has 0 spiro atoms. The summed E-state index contributed by atoms with van der Waals surface area (Å²) in [6.45, 7) is 0.748. The molecule has 0 N–H and O–H groups in total. The van der Waals surface area contributed by atoms with Crippen LogP contribution in [0.2, 0.25) is 0 Å². The molecule has 0 bridgehead atoms. The zero-order valence-corrected chi connectivity index (χ0v) is 15.7. The molecule has 0 amide bonds. The summed E-state index contributed by atoms with van der Waals surface area (Å²) in [5.74, 6) is 0.192. The molecule has 0 fully saturated rings. The second-order valence-corrected chi connectivity index (χ2v) is 6.47. The Bertz CT molecular complexity index is 958. The number of rotatable bonds is 6. The van der Waals surface area contributed by atoms with Gasteiger partial charge >= 0.3 is 11.9 Å². The van der Waals surface area contributed by atoms with Gasteiger partial charge in [-0.25, -0.2) is 0 Å². The van der Waals surface area contributed by atoms with E-state index in [0.717, 1.165) is 23.3 Å². The summed E-state index contributed by atoms with van der Waals surface area (Å²) in [6.07, 6.45) is -4.67. The lowest BCUT2D eigenvalue weighted by Crippen LogP contribution is -2.23. The van der Waals surface area contributed by atoms with E-state index in [0.29, 0.717) is 13.1 Å². The lowest BCUT2D eigenvalue weighted by Gasteiger charge is -2.27. The number of nitrogens with zero attached hydrogens (tertiary/aromatic N) is 3. The number of halogens is 3. The third-order valence-electron chi connectivity index (χ3n) is 4.48. The van der Waals surface area contributed by atoms with Gasteiger partial charge in [0.15, 0.2) is 10.5 Å². The molecule has 7 heteroatoms. The van der Waals surface area contributed by atoms with E-state index < -0.39 is 17.4 Å². The van der Waals surface area contributed by atoms with Gasteiger partial charge in [-0.3, -0.25) is 0 Å². The van der Waals surface area contributed by atoms with Gasteiger partial charge in [-0.05, 0) is 17.2 Å². The van der Waals surface area contributed by atoms with E-state index in [1.165, 1.54) is 7.11 Å². The first kappa shape index (κ1) is 20.2. The van der Waals surface area contributed by atoms with Crippen molar-refractivity contribution in [3.63, 3.8) is 0 Å². The Morgan fingerprint density at radius 1 is 0.897 bits per heavy atom. The second-order valence-electron chi connectivity index (χ2n) is 6.47. The van der Waals surface area contributed by atoms with E-state index in [1.54, 1.807) is 4.90 Å². The van der Waals surface area contributed by atoms with Gasteiger partial charge in [0.2, 0.25) is 5.39 Å². The number of hydrogen-bond acceptors (Lipinski definition) is 3. The van der Waals surface area contributed by atoms with E-state index in [2.05, 4.69) is 4.98 Å². The maximum Gasteiger partial charge on any atom is 0.424 e. The van der Waals surface area contributed by atoms with Crippen LogP contribution in [0, 0.1) is 5.39 Å². The normalized spacial score (nSPS) is 11.0. The maximum absolute atomic E-state index is 13.5. The fourth-order valence-corrected chi connectivity index (χ4v) is 3.11. The number of diazo groups is 1. The Morgan fingerprint density at radius 3 is 1.83 bits per heavy atom. The first-order valence-corrected chi connectivity index (χ1v) is 8.89. The minimum atomic E-state index is -4.67. The minimum Gasteiger partial charge on any atom is -0.494 e. The van der Waals surface area contributed by atoms with Crippen LogP contribution in [0.5, 0.6) is 5.75 Å². The standard InChI is InChI=1S/C22H19F3N3O/c1-29-21-13-19(27-26)18(22(23,24)25)12-20(21)28(14-16-8-4-2-5-9-16)15-17-10-6-3-7-11-17/h2-13H,14-15H2,1H3/q+1. The molecule has 3 aromatic rings. The summed E-state index contributed by atoms with van der Waals surface area (Å²) in [5, 5.41) is 9.06. The molecule has 0 aliphatic carbocycles. The Hall–Kier alpha value is -3.53. The van der Waals surface area contributed by atoms with E-state index in [1.807, 2.05) is 60.7 Å². The van der Waals surface area contributed by atoms with Gasteiger partial charge in [0.25, 0.3) is 0 Å². The molecule has 0 saturated heterocycles. The van der Waals surface area contributed by atoms with Crippen molar-refractivity contribution < 1.29 is 17.9 Å². The van der Waals surface area contributed by atoms with Crippen LogP contribution in [-0.4, -0.2) is 7.11 Å². The van der Waals surface area contributed by atoms with Crippen molar-refractivity contribution in [3.8, 4) is 5.75 Å². The monoisotopic (exact) mass is 398 g/mol. The van der Waals surface area contributed by atoms with Gasteiger partial charge in [-0.1, -0.05) is 60.7 Å². The SMILES string of the molecule is COc1cc([N+]#N)c(C(F)(F)F)cc1N(Cc1ccccc1)Cc1ccccc1. The highest BCUT2D eigenvalue weighted by atomic mass is 19.4. The zero-order valence-electron chi connectivity index (χ0n) is 15.7. The molecule has 0 atom stereocenters. The van der Waals surface area contributed by atoms with E-state index in [-0.39, 0.29) is 11.4 Å². The summed E-state index contributed by atoms with van der Waals surface area (Å²) >= 11 is 0. The first-order valence-electron chi connectivity index (χ1n) is 8.89. The van der Waals surface area contributed by atoms with Crippen LogP contribution in [0.15, 0.2) is 72.8 Å². The average molecular weight is 398 g/mol. The Morgan fingerprint density at radius 2 is 1.41 bits per heavy atom. The van der Waals surface area contributed by atoms with Crippen LogP contribution in [0.25, 0.3) is 4.98 Å². The van der Waals surface area contributed by atoms with Crippen LogP contribution in [0.4, 0.5) is 24.5 Å². The predicted molar refractivity (Wildman–Crippen MR) is 106 cm³/mol. The van der Waals surface area contributed by atoms with Crippen LogP contribution >= 0.6 is 0 Å². The number of benzene rings is 3. The Labute approximate surface area is 166 Å². The molecular formula is C22H19F3N3O+. The third-order valence-corrected chi connectivity index (χ3v) is 4.48. The highest BCUT2D eigenvalue weighted by Crippen LogP contribution is 2.44. The molecule has 0 aliphatic heterocycles. The van der Waals surface area contributed by atoms with Crippen molar-refractivity contribution in [2.24, 2.45) is 0 Å². The van der Waals surface area contributed by atoms with E-state index >= 15 is 0 Å². The van der Waals surface area contributed by atoms with Crippen molar-refractivity contribution in [2.75, 3.05) is 12.0 Å². The van der Waals surface area contributed by atoms with Gasteiger partial charge in [-0.15, -0.1) is 0 Å². The smallest absolute Gasteiger partial charge is 0.424 e. The summed E-state index contributed by atoms with van der Waals surface area (Å²) in [5.41, 5.74) is 0.532. The van der Waals surface area contributed by atoms with Gasteiger partial charge in [0.1, 0.15) is 5.75 Å². The molecule has 0 aromatic heterocycles. The molecule has 0 aliphatic rings. The lowest BCUT2D eigenvalue weighted by atomic mass is 10.1. The summed E-state index contributed by atoms with van der Waals surface area (Å²) in [6, 6.07) is 21.0. The highest BCUT2D eigenvalue weighted by molar-refractivity contribution is 5.70. The molecule has 0 unspecified atom stereocenters. The summed E-state index contributed by atoms with van der Waals surface area (Å²) < 4.78 is 45.9. The highest BCUT2D eigenvalue weighted by Gasteiger charge is 2.40. The molecule has 148 valence electrons. The van der Waals surface area contributed by atoms with Crippen LogP contribution in [-0.2, 0) is 19.3 Å². The number of ether oxygens (including phenoxy) is 1. The van der Waals surface area contributed by atoms with Crippen LogP contribution < -0.4 is 9.64 Å².